The van der Waals surface area contributed by atoms with Gasteiger partial charge in [0.15, 0.2) is 6.10 Å². The fourth-order valence-corrected chi connectivity index (χ4v) is 3.90. The van der Waals surface area contributed by atoms with Crippen molar-refractivity contribution in [3.05, 3.63) is 66.2 Å². The SMILES string of the molecule is CCCCc1nc2ccc(Br)cc2c(=O)n1N=Cc1ccc(O[C@H](C)C(=O)O)c(I)c1. The second-order valence-electron chi connectivity index (χ2n) is 6.94. The first-order chi connectivity index (χ1) is 14.8. The number of aliphatic carboxylic acids is 1. The van der Waals surface area contributed by atoms with Crippen LogP contribution >= 0.6 is 38.5 Å². The third kappa shape index (κ3) is 5.70. The fraction of sp³-hybridized carbons (Fsp3) is 0.273. The normalized spacial score (nSPS) is 12.4. The molecule has 0 radical (unpaired) electrons. The smallest absolute Gasteiger partial charge is 0.344 e. The van der Waals surface area contributed by atoms with Gasteiger partial charge in [0.25, 0.3) is 5.56 Å². The number of aryl methyl sites for hydroxylation is 1. The van der Waals surface area contributed by atoms with Crippen LogP contribution in [0.25, 0.3) is 10.9 Å². The molecule has 0 fully saturated rings. The Morgan fingerprint density at radius 2 is 2.13 bits per heavy atom. The van der Waals surface area contributed by atoms with Gasteiger partial charge < -0.3 is 9.84 Å². The third-order valence-corrected chi connectivity index (χ3v) is 5.90. The average molecular weight is 598 g/mol. The predicted octanol–water partition coefficient (Wildman–Crippen LogP) is 4.84. The fourth-order valence-electron chi connectivity index (χ4n) is 2.87. The van der Waals surface area contributed by atoms with Gasteiger partial charge in [-0.2, -0.15) is 9.78 Å². The standard InChI is InChI=1S/C22H21BrIN3O4/c1-3-4-5-20-26-18-8-7-15(23)11-16(18)21(28)27(20)25-12-14-6-9-19(17(24)10-14)31-13(2)22(29)30/h6-13H,3-5H2,1-2H3,(H,29,30)/t13-/m1/s1. The number of benzene rings is 2. The van der Waals surface area contributed by atoms with Crippen LogP contribution < -0.4 is 10.3 Å². The Kier molecular flexibility index (Phi) is 7.82. The maximum atomic E-state index is 13.1. The number of fused-ring (bicyclic) bond motifs is 1. The van der Waals surface area contributed by atoms with E-state index in [1.807, 2.05) is 18.2 Å². The second kappa shape index (κ2) is 10.4. The number of hydrogen-bond donors (Lipinski definition) is 1. The largest absolute Gasteiger partial charge is 0.479 e. The number of carboxylic acid groups (broad SMARTS) is 1. The molecule has 7 nitrogen and oxygen atoms in total. The first kappa shape index (κ1) is 23.4. The molecule has 0 aliphatic carbocycles. The Balaban J connectivity index is 1.98. The highest BCUT2D eigenvalue weighted by molar-refractivity contribution is 14.1. The Bertz CT molecular complexity index is 1210. The topological polar surface area (TPSA) is 93.8 Å². The van der Waals surface area contributed by atoms with Crippen molar-refractivity contribution in [2.24, 2.45) is 5.10 Å². The lowest BCUT2D eigenvalue weighted by Gasteiger charge is -2.12. The summed E-state index contributed by atoms with van der Waals surface area (Å²) in [6.07, 6.45) is 3.17. The molecule has 0 spiro atoms. The summed E-state index contributed by atoms with van der Waals surface area (Å²) in [7, 11) is 0. The van der Waals surface area contributed by atoms with E-state index < -0.39 is 12.1 Å². The molecule has 0 saturated carbocycles. The summed E-state index contributed by atoms with van der Waals surface area (Å²) in [4.78, 5) is 28.8. The molecule has 162 valence electrons. The van der Waals surface area contributed by atoms with Gasteiger partial charge in [-0.05, 0) is 77.9 Å². The second-order valence-corrected chi connectivity index (χ2v) is 9.02. The van der Waals surface area contributed by atoms with Crippen LogP contribution in [0.4, 0.5) is 0 Å². The van der Waals surface area contributed by atoms with E-state index in [0.29, 0.717) is 28.9 Å². The van der Waals surface area contributed by atoms with Gasteiger partial charge in [0.05, 0.1) is 20.7 Å². The van der Waals surface area contributed by atoms with E-state index >= 15 is 0 Å². The van der Waals surface area contributed by atoms with Crippen LogP contribution in [0.5, 0.6) is 5.75 Å². The minimum absolute atomic E-state index is 0.224. The van der Waals surface area contributed by atoms with Crippen molar-refractivity contribution in [3.63, 3.8) is 0 Å². The molecule has 1 heterocycles. The number of ether oxygens (including phenoxy) is 1. The van der Waals surface area contributed by atoms with Crippen LogP contribution in [0, 0.1) is 3.57 Å². The number of nitrogens with zero attached hydrogens (tertiary/aromatic N) is 3. The molecule has 1 aromatic heterocycles. The summed E-state index contributed by atoms with van der Waals surface area (Å²) in [6.45, 7) is 3.56. The molecule has 0 bridgehead atoms. The number of rotatable bonds is 8. The molecule has 0 aliphatic heterocycles. The highest BCUT2D eigenvalue weighted by Crippen LogP contribution is 2.23. The summed E-state index contributed by atoms with van der Waals surface area (Å²) in [5, 5.41) is 13.9. The lowest BCUT2D eigenvalue weighted by Crippen LogP contribution is -2.23. The van der Waals surface area contributed by atoms with Crippen LogP contribution in [0.3, 0.4) is 0 Å². The van der Waals surface area contributed by atoms with Crippen LogP contribution in [-0.4, -0.2) is 33.1 Å². The van der Waals surface area contributed by atoms with E-state index in [9.17, 15) is 9.59 Å². The summed E-state index contributed by atoms with van der Waals surface area (Å²) >= 11 is 5.48. The number of halogens is 2. The highest BCUT2D eigenvalue weighted by atomic mass is 127. The minimum Gasteiger partial charge on any atom is -0.479 e. The number of unbranched alkanes of at least 4 members (excludes halogenated alkanes) is 1. The Morgan fingerprint density at radius 3 is 2.81 bits per heavy atom. The van der Waals surface area contributed by atoms with Crippen molar-refractivity contribution in [2.45, 2.75) is 39.2 Å². The zero-order chi connectivity index (χ0) is 22.5. The summed E-state index contributed by atoms with van der Waals surface area (Å²) in [6, 6.07) is 10.7. The van der Waals surface area contributed by atoms with E-state index in [1.54, 1.807) is 24.4 Å². The van der Waals surface area contributed by atoms with Crippen molar-refractivity contribution >= 4 is 61.6 Å². The van der Waals surface area contributed by atoms with Crippen molar-refractivity contribution in [1.29, 1.82) is 0 Å². The van der Waals surface area contributed by atoms with Crippen molar-refractivity contribution in [1.82, 2.24) is 9.66 Å². The van der Waals surface area contributed by atoms with Crippen LogP contribution in [0.15, 0.2) is 50.8 Å². The Labute approximate surface area is 201 Å². The molecular weight excluding hydrogens is 577 g/mol. The number of carboxylic acids is 1. The lowest BCUT2D eigenvalue weighted by atomic mass is 10.2. The first-order valence-electron chi connectivity index (χ1n) is 9.74. The molecule has 0 aliphatic rings. The maximum absolute atomic E-state index is 13.1. The third-order valence-electron chi connectivity index (χ3n) is 4.56. The molecule has 0 saturated heterocycles. The van der Waals surface area contributed by atoms with E-state index in [1.165, 1.54) is 11.6 Å². The van der Waals surface area contributed by atoms with Crippen LogP contribution in [0.1, 0.15) is 38.1 Å². The van der Waals surface area contributed by atoms with Crippen LogP contribution in [0.2, 0.25) is 0 Å². The molecule has 3 rings (SSSR count). The van der Waals surface area contributed by atoms with Gasteiger partial charge in [0.2, 0.25) is 0 Å². The van der Waals surface area contributed by atoms with E-state index in [4.69, 9.17) is 9.84 Å². The number of hydrogen-bond acceptors (Lipinski definition) is 5. The molecule has 1 atom stereocenters. The molecule has 9 heteroatoms. The van der Waals surface area contributed by atoms with Crippen molar-refractivity contribution < 1.29 is 14.6 Å². The molecular formula is C22H21BrIN3O4. The van der Waals surface area contributed by atoms with Crippen molar-refractivity contribution in [2.75, 3.05) is 0 Å². The molecule has 2 aromatic carbocycles. The van der Waals surface area contributed by atoms with Gasteiger partial charge in [-0.25, -0.2) is 9.78 Å². The molecule has 0 unspecified atom stereocenters. The van der Waals surface area contributed by atoms with Gasteiger partial charge >= 0.3 is 5.97 Å². The van der Waals surface area contributed by atoms with Gasteiger partial charge in [0, 0.05) is 10.9 Å². The zero-order valence-electron chi connectivity index (χ0n) is 17.0. The van der Waals surface area contributed by atoms with E-state index in [0.717, 1.165) is 26.4 Å². The highest BCUT2D eigenvalue weighted by Gasteiger charge is 2.14. The molecule has 0 amide bonds. The molecule has 31 heavy (non-hydrogen) atoms. The lowest BCUT2D eigenvalue weighted by molar-refractivity contribution is -0.144. The van der Waals surface area contributed by atoms with Gasteiger partial charge in [-0.15, -0.1) is 0 Å². The number of carbonyl (C=O) groups is 1. The van der Waals surface area contributed by atoms with Crippen molar-refractivity contribution in [3.8, 4) is 5.75 Å². The summed E-state index contributed by atoms with van der Waals surface area (Å²) in [5.74, 6) is 0.0596. The number of aromatic nitrogens is 2. The quantitative estimate of drug-likeness (QED) is 0.296. The maximum Gasteiger partial charge on any atom is 0.344 e. The van der Waals surface area contributed by atoms with Gasteiger partial charge in [0.1, 0.15) is 11.6 Å². The Hall–Kier alpha value is -2.27. The monoisotopic (exact) mass is 597 g/mol. The van der Waals surface area contributed by atoms with Gasteiger partial charge in [-0.1, -0.05) is 29.3 Å². The van der Waals surface area contributed by atoms with E-state index in [2.05, 4.69) is 55.5 Å². The predicted molar refractivity (Wildman–Crippen MR) is 132 cm³/mol. The summed E-state index contributed by atoms with van der Waals surface area (Å²) < 4.78 is 8.35. The van der Waals surface area contributed by atoms with Gasteiger partial charge in [-0.3, -0.25) is 4.79 Å². The van der Waals surface area contributed by atoms with Crippen LogP contribution in [-0.2, 0) is 11.2 Å². The minimum atomic E-state index is -1.03. The zero-order valence-corrected chi connectivity index (χ0v) is 20.8. The van der Waals surface area contributed by atoms with E-state index in [-0.39, 0.29) is 5.56 Å². The average Bonchev–Trinajstić information content (AvgIpc) is 2.73. The molecule has 1 N–H and O–H groups in total. The Morgan fingerprint density at radius 1 is 1.35 bits per heavy atom. The summed E-state index contributed by atoms with van der Waals surface area (Å²) in [5.41, 5.74) is 1.18. The molecule has 3 aromatic rings. The first-order valence-corrected chi connectivity index (χ1v) is 11.6.